The lowest BCUT2D eigenvalue weighted by atomic mass is 9.86. The fourth-order valence-electron chi connectivity index (χ4n) is 6.26. The third-order valence-electron chi connectivity index (χ3n) is 7.83. The van der Waals surface area contributed by atoms with Crippen molar-refractivity contribution in [2.24, 2.45) is 5.92 Å². The van der Waals surface area contributed by atoms with Crippen LogP contribution in [-0.4, -0.2) is 44.4 Å². The van der Waals surface area contributed by atoms with Crippen molar-refractivity contribution in [1.29, 1.82) is 0 Å². The normalized spacial score (nSPS) is 21.9. The average molecular weight is 472 g/mol. The first-order valence-corrected chi connectivity index (χ1v) is 12.9. The van der Waals surface area contributed by atoms with Gasteiger partial charge in [0.05, 0.1) is 20.8 Å². The fraction of sp³-hybridized carbons (Fsp3) is 0.419. The predicted molar refractivity (Wildman–Crippen MR) is 140 cm³/mol. The molecule has 0 aliphatic carbocycles. The van der Waals surface area contributed by atoms with Crippen LogP contribution in [0.5, 0.6) is 11.5 Å². The number of hydrogen-bond acceptors (Lipinski definition) is 4. The molecule has 0 aromatic heterocycles. The summed E-state index contributed by atoms with van der Waals surface area (Å²) in [5, 5.41) is 0. The van der Waals surface area contributed by atoms with Gasteiger partial charge in [-0.2, -0.15) is 0 Å². The van der Waals surface area contributed by atoms with Gasteiger partial charge in [-0.25, -0.2) is 0 Å². The highest BCUT2D eigenvalue weighted by molar-refractivity contribution is 5.45. The van der Waals surface area contributed by atoms with E-state index >= 15 is 0 Å². The van der Waals surface area contributed by atoms with Crippen LogP contribution >= 0.6 is 0 Å². The van der Waals surface area contributed by atoms with Crippen molar-refractivity contribution < 1.29 is 14.2 Å². The average Bonchev–Trinajstić information content (AvgIpc) is 3.14. The Morgan fingerprint density at radius 2 is 1.29 bits per heavy atom. The number of benzene rings is 3. The Hall–Kier alpha value is -2.82. The Bertz CT molecular complexity index is 1020. The van der Waals surface area contributed by atoms with E-state index in [0.717, 1.165) is 35.1 Å². The molecule has 4 nitrogen and oxygen atoms in total. The van der Waals surface area contributed by atoms with Crippen molar-refractivity contribution in [3.05, 3.63) is 95.6 Å². The van der Waals surface area contributed by atoms with E-state index in [9.17, 15) is 0 Å². The summed E-state index contributed by atoms with van der Waals surface area (Å²) in [6.07, 6.45) is 6.20. The van der Waals surface area contributed by atoms with Crippen molar-refractivity contribution >= 4 is 0 Å². The summed E-state index contributed by atoms with van der Waals surface area (Å²) in [5.74, 6) is 2.47. The number of ether oxygens (including phenoxy) is 3. The minimum absolute atomic E-state index is 0.240. The molecule has 3 aromatic rings. The number of rotatable bonds is 10. The Labute approximate surface area is 209 Å². The van der Waals surface area contributed by atoms with E-state index in [0.29, 0.717) is 18.7 Å². The van der Waals surface area contributed by atoms with Crippen molar-refractivity contribution in [2.45, 2.75) is 50.3 Å². The Balaban J connectivity index is 1.26. The van der Waals surface area contributed by atoms with Gasteiger partial charge in [-0.1, -0.05) is 66.7 Å². The molecule has 4 heteroatoms. The Kier molecular flexibility index (Phi) is 7.70. The molecule has 3 aromatic carbocycles. The maximum atomic E-state index is 6.65. The number of hydrogen-bond donors (Lipinski definition) is 0. The van der Waals surface area contributed by atoms with Crippen LogP contribution in [0.1, 0.15) is 48.5 Å². The Morgan fingerprint density at radius 3 is 1.86 bits per heavy atom. The maximum Gasteiger partial charge on any atom is 0.125 e. The summed E-state index contributed by atoms with van der Waals surface area (Å²) in [5.41, 5.74) is 3.54. The molecule has 2 heterocycles. The van der Waals surface area contributed by atoms with Gasteiger partial charge in [-0.3, -0.25) is 4.90 Å². The van der Waals surface area contributed by atoms with Crippen LogP contribution in [0, 0.1) is 5.92 Å². The molecule has 2 saturated heterocycles. The number of para-hydroxylation sites is 2. The van der Waals surface area contributed by atoms with E-state index in [1.807, 2.05) is 36.4 Å². The van der Waals surface area contributed by atoms with E-state index in [1.165, 1.54) is 37.7 Å². The third-order valence-corrected chi connectivity index (χ3v) is 7.83. The minimum atomic E-state index is -0.240. The summed E-state index contributed by atoms with van der Waals surface area (Å²) >= 11 is 0. The number of fused-ring (bicyclic) bond motifs is 2. The molecule has 1 unspecified atom stereocenters. The SMILES string of the molecule is COc1ccccc1C(OCCN1[C@@H]2CC[C@H]1CC(Cc1ccccc1)C2)c1ccccc1OC. The second-order valence-electron chi connectivity index (χ2n) is 9.88. The highest BCUT2D eigenvalue weighted by Gasteiger charge is 2.40. The molecular weight excluding hydrogens is 434 g/mol. The van der Waals surface area contributed by atoms with Crippen LogP contribution in [0.25, 0.3) is 0 Å². The summed E-state index contributed by atoms with van der Waals surface area (Å²) in [6, 6.07) is 28.6. The number of nitrogens with zero attached hydrogens (tertiary/aromatic N) is 1. The van der Waals surface area contributed by atoms with E-state index in [4.69, 9.17) is 14.2 Å². The smallest absolute Gasteiger partial charge is 0.125 e. The van der Waals surface area contributed by atoms with Gasteiger partial charge in [-0.05, 0) is 55.7 Å². The lowest BCUT2D eigenvalue weighted by Gasteiger charge is -2.39. The molecule has 0 amide bonds. The van der Waals surface area contributed by atoms with Crippen molar-refractivity contribution in [2.75, 3.05) is 27.4 Å². The van der Waals surface area contributed by atoms with Crippen LogP contribution in [0.15, 0.2) is 78.9 Å². The molecule has 0 saturated carbocycles. The zero-order chi connectivity index (χ0) is 24.0. The van der Waals surface area contributed by atoms with Crippen LogP contribution in [-0.2, 0) is 11.2 Å². The second kappa shape index (κ2) is 11.3. The van der Waals surface area contributed by atoms with Gasteiger partial charge in [0.15, 0.2) is 0 Å². The molecule has 2 aliphatic rings. The van der Waals surface area contributed by atoms with Crippen LogP contribution in [0.2, 0.25) is 0 Å². The molecule has 2 aliphatic heterocycles. The molecule has 0 N–H and O–H groups in total. The largest absolute Gasteiger partial charge is 0.496 e. The monoisotopic (exact) mass is 471 g/mol. The lowest BCUT2D eigenvalue weighted by Crippen LogP contribution is -2.45. The van der Waals surface area contributed by atoms with Gasteiger partial charge in [0.1, 0.15) is 17.6 Å². The topological polar surface area (TPSA) is 30.9 Å². The zero-order valence-electron chi connectivity index (χ0n) is 20.9. The van der Waals surface area contributed by atoms with E-state index in [2.05, 4.69) is 47.4 Å². The highest BCUT2D eigenvalue weighted by atomic mass is 16.5. The maximum absolute atomic E-state index is 6.65. The quantitative estimate of drug-likeness (QED) is 0.347. The van der Waals surface area contributed by atoms with Gasteiger partial charge in [0.2, 0.25) is 0 Å². The molecule has 2 bridgehead atoms. The molecule has 3 atom stereocenters. The second-order valence-corrected chi connectivity index (χ2v) is 9.88. The summed E-state index contributed by atoms with van der Waals surface area (Å²) < 4.78 is 18.0. The van der Waals surface area contributed by atoms with Crippen LogP contribution in [0.4, 0.5) is 0 Å². The Morgan fingerprint density at radius 1 is 0.743 bits per heavy atom. The van der Waals surface area contributed by atoms with Crippen LogP contribution in [0.3, 0.4) is 0 Å². The van der Waals surface area contributed by atoms with E-state index in [1.54, 1.807) is 14.2 Å². The summed E-state index contributed by atoms with van der Waals surface area (Å²) in [6.45, 7) is 1.64. The van der Waals surface area contributed by atoms with Gasteiger partial charge in [0, 0.05) is 29.8 Å². The van der Waals surface area contributed by atoms with Crippen molar-refractivity contribution in [3.8, 4) is 11.5 Å². The number of piperidine rings is 1. The fourth-order valence-corrected chi connectivity index (χ4v) is 6.26. The zero-order valence-corrected chi connectivity index (χ0v) is 20.9. The molecule has 0 radical (unpaired) electrons. The standard InChI is InChI=1S/C31H37NO3/c1-33-29-14-8-6-12-27(29)31(28-13-7-9-15-30(28)34-2)35-19-18-32-25-16-17-26(32)22-24(21-25)20-23-10-4-3-5-11-23/h3-15,24-26,31H,16-22H2,1-2H3/t24?,25-,26+. The summed E-state index contributed by atoms with van der Waals surface area (Å²) in [7, 11) is 3.44. The first-order valence-electron chi connectivity index (χ1n) is 12.9. The first-order chi connectivity index (χ1) is 17.3. The molecule has 0 spiro atoms. The predicted octanol–water partition coefficient (Wildman–Crippen LogP) is 6.30. The molecule has 35 heavy (non-hydrogen) atoms. The molecule has 184 valence electrons. The van der Waals surface area contributed by atoms with Gasteiger partial charge >= 0.3 is 0 Å². The van der Waals surface area contributed by atoms with Gasteiger partial charge in [-0.15, -0.1) is 0 Å². The molecule has 2 fully saturated rings. The lowest BCUT2D eigenvalue weighted by molar-refractivity contribution is 0.0270. The van der Waals surface area contributed by atoms with Crippen LogP contribution < -0.4 is 9.47 Å². The van der Waals surface area contributed by atoms with Gasteiger partial charge < -0.3 is 14.2 Å². The molecular formula is C31H37NO3. The third kappa shape index (κ3) is 5.39. The van der Waals surface area contributed by atoms with Crippen molar-refractivity contribution in [1.82, 2.24) is 4.90 Å². The minimum Gasteiger partial charge on any atom is -0.496 e. The highest BCUT2D eigenvalue weighted by Crippen LogP contribution is 2.41. The van der Waals surface area contributed by atoms with E-state index < -0.39 is 0 Å². The first kappa shape index (κ1) is 23.9. The number of methoxy groups -OCH3 is 2. The summed E-state index contributed by atoms with van der Waals surface area (Å²) in [4.78, 5) is 2.73. The molecule has 5 rings (SSSR count). The van der Waals surface area contributed by atoms with E-state index in [-0.39, 0.29) is 6.10 Å². The van der Waals surface area contributed by atoms with Crippen molar-refractivity contribution in [3.63, 3.8) is 0 Å². The van der Waals surface area contributed by atoms with Gasteiger partial charge in [0.25, 0.3) is 0 Å².